The fourth-order valence-corrected chi connectivity index (χ4v) is 2.33. The average Bonchev–Trinajstić information content (AvgIpc) is 2.55. The lowest BCUT2D eigenvalue weighted by Crippen LogP contribution is -2.06. The van der Waals surface area contributed by atoms with Gasteiger partial charge in [-0.3, -0.25) is 10.1 Å². The molecule has 0 saturated heterocycles. The number of phenolic OH excluding ortho intramolecular Hbond substituents is 1. The zero-order valence-electron chi connectivity index (χ0n) is 14.0. The molecular weight excluding hydrogens is 310 g/mol. The number of rotatable bonds is 7. The fraction of sp³-hybridized carbons (Fsp3) is 0.333. The molecule has 0 aliphatic carbocycles. The second kappa shape index (κ2) is 7.79. The summed E-state index contributed by atoms with van der Waals surface area (Å²) in [6.45, 7) is 4.11. The van der Waals surface area contributed by atoms with Crippen LogP contribution in [0, 0.1) is 10.1 Å². The predicted octanol–water partition coefficient (Wildman–Crippen LogP) is 3.82. The van der Waals surface area contributed by atoms with Gasteiger partial charge in [0.15, 0.2) is 5.75 Å². The third-order valence-electron chi connectivity index (χ3n) is 3.62. The minimum Gasteiger partial charge on any atom is -0.502 e. The molecule has 0 aliphatic heterocycles. The molecule has 6 nitrogen and oxygen atoms in total. The van der Waals surface area contributed by atoms with E-state index in [0.717, 1.165) is 22.4 Å². The van der Waals surface area contributed by atoms with Crippen LogP contribution >= 0.6 is 0 Å². The molecular formula is C18H21NO5. The lowest BCUT2D eigenvalue weighted by molar-refractivity contribution is -0.385. The van der Waals surface area contributed by atoms with Gasteiger partial charge in [-0.25, -0.2) is 0 Å². The molecule has 2 aromatic rings. The highest BCUT2D eigenvalue weighted by Crippen LogP contribution is 2.31. The molecule has 0 saturated carbocycles. The van der Waals surface area contributed by atoms with E-state index in [4.69, 9.17) is 9.47 Å². The van der Waals surface area contributed by atoms with E-state index in [9.17, 15) is 15.2 Å². The fourth-order valence-electron chi connectivity index (χ4n) is 2.33. The van der Waals surface area contributed by atoms with E-state index in [1.54, 1.807) is 7.11 Å². The van der Waals surface area contributed by atoms with Crippen molar-refractivity contribution >= 4 is 5.69 Å². The summed E-state index contributed by atoms with van der Waals surface area (Å²) in [7, 11) is 1.60. The van der Waals surface area contributed by atoms with Crippen LogP contribution in [-0.4, -0.2) is 23.2 Å². The summed E-state index contributed by atoms with van der Waals surface area (Å²) in [5.74, 6) is 0.402. The van der Waals surface area contributed by atoms with Gasteiger partial charge >= 0.3 is 5.69 Å². The van der Waals surface area contributed by atoms with E-state index in [0.29, 0.717) is 6.42 Å². The quantitative estimate of drug-likeness (QED) is 0.616. The molecule has 2 rings (SSSR count). The van der Waals surface area contributed by atoms with Crippen LogP contribution in [0.1, 0.15) is 30.5 Å². The van der Waals surface area contributed by atoms with Crippen LogP contribution < -0.4 is 4.74 Å². The number of aromatic hydroxyl groups is 1. The van der Waals surface area contributed by atoms with Gasteiger partial charge in [0.25, 0.3) is 0 Å². The Labute approximate surface area is 140 Å². The van der Waals surface area contributed by atoms with Crippen LogP contribution in [0.5, 0.6) is 11.5 Å². The maximum atomic E-state index is 11.1. The number of benzene rings is 2. The molecule has 0 spiro atoms. The molecule has 0 unspecified atom stereocenters. The number of nitro benzene ring substituents is 1. The number of phenols is 1. The Kier molecular flexibility index (Phi) is 5.76. The third-order valence-corrected chi connectivity index (χ3v) is 3.62. The van der Waals surface area contributed by atoms with Crippen LogP contribution in [0.25, 0.3) is 0 Å². The Hall–Kier alpha value is -2.60. The largest absolute Gasteiger partial charge is 0.502 e. The maximum Gasteiger partial charge on any atom is 0.311 e. The Morgan fingerprint density at radius 1 is 1.17 bits per heavy atom. The van der Waals surface area contributed by atoms with Crippen LogP contribution in [0.15, 0.2) is 36.4 Å². The lowest BCUT2D eigenvalue weighted by Gasteiger charge is -2.13. The number of ether oxygens (including phenoxy) is 2. The zero-order chi connectivity index (χ0) is 17.7. The van der Waals surface area contributed by atoms with Crippen molar-refractivity contribution in [3.8, 4) is 11.5 Å². The summed E-state index contributed by atoms with van der Waals surface area (Å²) >= 11 is 0. The van der Waals surface area contributed by atoms with E-state index in [2.05, 4.69) is 0 Å². The summed E-state index contributed by atoms with van der Waals surface area (Å²) in [6, 6.07) is 10.3. The molecule has 1 N–H and O–H groups in total. The molecule has 2 aromatic carbocycles. The Bertz CT molecular complexity index is 710. The van der Waals surface area contributed by atoms with Crippen LogP contribution in [0.3, 0.4) is 0 Å². The second-order valence-electron chi connectivity index (χ2n) is 5.75. The molecule has 0 atom stereocenters. The lowest BCUT2D eigenvalue weighted by atomic mass is 9.98. The molecule has 24 heavy (non-hydrogen) atoms. The van der Waals surface area contributed by atoms with Crippen molar-refractivity contribution in [2.45, 2.75) is 33.0 Å². The van der Waals surface area contributed by atoms with Gasteiger partial charge in [-0.1, -0.05) is 12.1 Å². The first-order chi connectivity index (χ1) is 11.4. The first kappa shape index (κ1) is 17.7. The Morgan fingerprint density at radius 3 is 2.38 bits per heavy atom. The summed E-state index contributed by atoms with van der Waals surface area (Å²) in [4.78, 5) is 10.5. The predicted molar refractivity (Wildman–Crippen MR) is 90.5 cm³/mol. The number of hydrogen-bond donors (Lipinski definition) is 1. The minimum atomic E-state index is -0.583. The van der Waals surface area contributed by atoms with E-state index in [1.807, 2.05) is 38.1 Å². The van der Waals surface area contributed by atoms with Crippen molar-refractivity contribution in [1.82, 2.24) is 0 Å². The van der Waals surface area contributed by atoms with Crippen LogP contribution in [0.2, 0.25) is 0 Å². The number of nitrogens with zero attached hydrogens (tertiary/aromatic N) is 1. The van der Waals surface area contributed by atoms with Gasteiger partial charge in [0.1, 0.15) is 5.75 Å². The first-order valence-electron chi connectivity index (χ1n) is 7.64. The molecule has 0 amide bonds. The Balaban J connectivity index is 2.35. The van der Waals surface area contributed by atoms with E-state index >= 15 is 0 Å². The Morgan fingerprint density at radius 2 is 1.83 bits per heavy atom. The SMILES string of the molecule is COc1ccc(Cc2cc([N+](=O)[O-])c(O)cc2COC(C)C)cc1. The van der Waals surface area contributed by atoms with Crippen molar-refractivity contribution in [2.75, 3.05) is 7.11 Å². The van der Waals surface area contributed by atoms with Gasteiger partial charge < -0.3 is 14.6 Å². The van der Waals surface area contributed by atoms with Gasteiger partial charge in [-0.2, -0.15) is 0 Å². The van der Waals surface area contributed by atoms with Gasteiger partial charge in [-0.15, -0.1) is 0 Å². The normalized spacial score (nSPS) is 10.8. The van der Waals surface area contributed by atoms with E-state index in [1.165, 1.54) is 12.1 Å². The first-order valence-corrected chi connectivity index (χ1v) is 7.64. The molecule has 6 heteroatoms. The molecule has 0 heterocycles. The van der Waals surface area contributed by atoms with Crippen molar-refractivity contribution < 1.29 is 19.5 Å². The van der Waals surface area contributed by atoms with Gasteiger partial charge in [0, 0.05) is 6.07 Å². The molecule has 128 valence electrons. The third kappa shape index (κ3) is 4.45. The number of nitro groups is 1. The average molecular weight is 331 g/mol. The summed E-state index contributed by atoms with van der Waals surface area (Å²) in [6.07, 6.45) is 0.526. The second-order valence-corrected chi connectivity index (χ2v) is 5.75. The van der Waals surface area contributed by atoms with E-state index < -0.39 is 4.92 Å². The van der Waals surface area contributed by atoms with E-state index in [-0.39, 0.29) is 24.1 Å². The van der Waals surface area contributed by atoms with Gasteiger partial charge in [0.2, 0.25) is 0 Å². The molecule has 0 aliphatic rings. The molecule has 0 aromatic heterocycles. The topological polar surface area (TPSA) is 81.8 Å². The van der Waals surface area contributed by atoms with Crippen molar-refractivity contribution in [1.29, 1.82) is 0 Å². The monoisotopic (exact) mass is 331 g/mol. The standard InChI is InChI=1S/C18H21NO5/c1-12(2)24-11-15-10-18(20)17(19(21)22)9-14(15)8-13-4-6-16(23-3)7-5-13/h4-7,9-10,12,20H,8,11H2,1-3H3. The van der Waals surface area contributed by atoms with Crippen molar-refractivity contribution in [3.63, 3.8) is 0 Å². The highest BCUT2D eigenvalue weighted by Gasteiger charge is 2.18. The summed E-state index contributed by atoms with van der Waals surface area (Å²) < 4.78 is 10.7. The van der Waals surface area contributed by atoms with Crippen LogP contribution in [0.4, 0.5) is 5.69 Å². The highest BCUT2D eigenvalue weighted by atomic mass is 16.6. The van der Waals surface area contributed by atoms with Crippen molar-refractivity contribution in [3.05, 3.63) is 63.2 Å². The smallest absolute Gasteiger partial charge is 0.311 e. The summed E-state index contributed by atoms with van der Waals surface area (Å²) in [5.41, 5.74) is 2.18. The minimum absolute atomic E-state index is 0.0242. The van der Waals surface area contributed by atoms with Crippen molar-refractivity contribution in [2.24, 2.45) is 0 Å². The number of methoxy groups -OCH3 is 1. The van der Waals surface area contributed by atoms with Gasteiger partial charge in [0.05, 0.1) is 24.7 Å². The maximum absolute atomic E-state index is 11.1. The molecule has 0 fully saturated rings. The van der Waals surface area contributed by atoms with Gasteiger partial charge in [-0.05, 0) is 55.2 Å². The highest BCUT2D eigenvalue weighted by molar-refractivity contribution is 5.52. The molecule has 0 bridgehead atoms. The van der Waals surface area contributed by atoms with Crippen LogP contribution in [-0.2, 0) is 17.8 Å². The zero-order valence-corrected chi connectivity index (χ0v) is 14.0. The number of hydrogen-bond acceptors (Lipinski definition) is 5. The summed E-state index contributed by atoms with van der Waals surface area (Å²) in [5, 5.41) is 21.0. The molecule has 0 radical (unpaired) electrons.